The summed E-state index contributed by atoms with van der Waals surface area (Å²) >= 11 is 1.21. The van der Waals surface area contributed by atoms with Gasteiger partial charge in [0.1, 0.15) is 27.4 Å². The Morgan fingerprint density at radius 2 is 1.53 bits per heavy atom. The number of hydrogen-bond donors (Lipinski definition) is 1. The molecule has 9 heteroatoms. The minimum absolute atomic E-state index is 0.159. The van der Waals surface area contributed by atoms with E-state index in [2.05, 4.69) is 9.71 Å². The lowest BCUT2D eigenvalue weighted by Gasteiger charge is -2.12. The minimum atomic E-state index is -4.32. The van der Waals surface area contributed by atoms with Crippen molar-refractivity contribution in [3.8, 4) is 21.8 Å². The van der Waals surface area contributed by atoms with E-state index in [0.717, 1.165) is 12.1 Å². The van der Waals surface area contributed by atoms with E-state index in [1.807, 2.05) is 0 Å². The van der Waals surface area contributed by atoms with Crippen LogP contribution in [-0.4, -0.2) is 13.4 Å². The number of hydrogen-bond acceptors (Lipinski definition) is 4. The zero-order chi connectivity index (χ0) is 21.3. The van der Waals surface area contributed by atoms with Gasteiger partial charge in [-0.25, -0.2) is 26.6 Å². The number of para-hydroxylation sites is 1. The second kappa shape index (κ2) is 7.92. The molecular weight excluding hydrogens is 433 g/mol. The Labute approximate surface area is 174 Å². The molecule has 30 heavy (non-hydrogen) atoms. The van der Waals surface area contributed by atoms with Gasteiger partial charge >= 0.3 is 0 Å². The SMILES string of the molecule is O=S(=O)(Nc1ccccc1-c1csc(-c2ccccc2F)n1)c1ccc(F)cc1F. The lowest BCUT2D eigenvalue weighted by Crippen LogP contribution is -2.15. The van der Waals surface area contributed by atoms with E-state index >= 15 is 0 Å². The van der Waals surface area contributed by atoms with Gasteiger partial charge in [-0.05, 0) is 30.3 Å². The Morgan fingerprint density at radius 1 is 0.833 bits per heavy atom. The van der Waals surface area contributed by atoms with Gasteiger partial charge in [-0.1, -0.05) is 30.3 Å². The number of thiazole rings is 1. The van der Waals surface area contributed by atoms with Crippen molar-refractivity contribution in [1.29, 1.82) is 0 Å². The first-order valence-corrected chi connectivity index (χ1v) is 11.0. The number of nitrogens with zero attached hydrogens (tertiary/aromatic N) is 1. The molecule has 0 bridgehead atoms. The van der Waals surface area contributed by atoms with Crippen molar-refractivity contribution < 1.29 is 21.6 Å². The molecule has 1 heterocycles. The molecule has 0 atom stereocenters. The molecule has 0 unspecified atom stereocenters. The molecular formula is C21H13F3N2O2S2. The van der Waals surface area contributed by atoms with Crippen LogP contribution in [0.15, 0.2) is 77.0 Å². The summed E-state index contributed by atoms with van der Waals surface area (Å²) in [5, 5.41) is 2.11. The van der Waals surface area contributed by atoms with Crippen molar-refractivity contribution in [2.75, 3.05) is 4.72 Å². The maximum Gasteiger partial charge on any atom is 0.264 e. The zero-order valence-electron chi connectivity index (χ0n) is 15.1. The van der Waals surface area contributed by atoms with Crippen LogP contribution in [0.5, 0.6) is 0 Å². The Bertz CT molecular complexity index is 1340. The zero-order valence-corrected chi connectivity index (χ0v) is 16.8. The fourth-order valence-electron chi connectivity index (χ4n) is 2.84. The number of benzene rings is 3. The Morgan fingerprint density at radius 3 is 2.27 bits per heavy atom. The van der Waals surface area contributed by atoms with Crippen LogP contribution in [0.2, 0.25) is 0 Å². The van der Waals surface area contributed by atoms with Crippen molar-refractivity contribution in [3.63, 3.8) is 0 Å². The van der Waals surface area contributed by atoms with Gasteiger partial charge in [-0.3, -0.25) is 4.72 Å². The van der Waals surface area contributed by atoms with Crippen LogP contribution in [-0.2, 0) is 10.0 Å². The molecule has 4 nitrogen and oxygen atoms in total. The van der Waals surface area contributed by atoms with E-state index in [9.17, 15) is 21.6 Å². The third-order valence-corrected chi connectivity index (χ3v) is 6.51. The van der Waals surface area contributed by atoms with E-state index in [4.69, 9.17) is 0 Å². The second-order valence-corrected chi connectivity index (χ2v) is 8.75. The topological polar surface area (TPSA) is 59.1 Å². The number of rotatable bonds is 5. The molecule has 1 N–H and O–H groups in total. The molecule has 0 aliphatic carbocycles. The maximum absolute atomic E-state index is 14.1. The van der Waals surface area contributed by atoms with Gasteiger partial charge in [0.05, 0.1) is 11.4 Å². The van der Waals surface area contributed by atoms with Gasteiger partial charge in [-0.15, -0.1) is 11.3 Å². The molecule has 4 aromatic rings. The summed E-state index contributed by atoms with van der Waals surface area (Å²) in [7, 11) is -4.32. The molecule has 0 spiro atoms. The third-order valence-electron chi connectivity index (χ3n) is 4.24. The van der Waals surface area contributed by atoms with Crippen molar-refractivity contribution in [2.24, 2.45) is 0 Å². The van der Waals surface area contributed by atoms with E-state index in [1.165, 1.54) is 23.5 Å². The van der Waals surface area contributed by atoms with Gasteiger partial charge in [-0.2, -0.15) is 0 Å². The average Bonchev–Trinajstić information content (AvgIpc) is 3.18. The monoisotopic (exact) mass is 446 g/mol. The van der Waals surface area contributed by atoms with Crippen LogP contribution < -0.4 is 4.72 Å². The average molecular weight is 446 g/mol. The summed E-state index contributed by atoms with van der Waals surface area (Å²) in [6.45, 7) is 0. The fourth-order valence-corrected chi connectivity index (χ4v) is 4.83. The quantitative estimate of drug-likeness (QED) is 0.428. The van der Waals surface area contributed by atoms with E-state index in [0.29, 0.717) is 27.9 Å². The highest BCUT2D eigenvalue weighted by molar-refractivity contribution is 7.92. The highest BCUT2D eigenvalue weighted by Crippen LogP contribution is 2.34. The summed E-state index contributed by atoms with van der Waals surface area (Å²) in [5.74, 6) is -2.50. The predicted octanol–water partition coefficient (Wildman–Crippen LogP) is 5.70. The van der Waals surface area contributed by atoms with Gasteiger partial charge in [0.15, 0.2) is 0 Å². The molecule has 1 aromatic heterocycles. The van der Waals surface area contributed by atoms with Crippen LogP contribution in [0.25, 0.3) is 21.8 Å². The predicted molar refractivity (Wildman–Crippen MR) is 110 cm³/mol. The second-order valence-electron chi connectivity index (χ2n) is 6.24. The number of sulfonamides is 1. The van der Waals surface area contributed by atoms with Gasteiger partial charge in [0, 0.05) is 22.6 Å². The Kier molecular flexibility index (Phi) is 5.31. The number of anilines is 1. The highest BCUT2D eigenvalue weighted by Gasteiger charge is 2.22. The Hall–Kier alpha value is -3.17. The lowest BCUT2D eigenvalue weighted by atomic mass is 10.1. The molecule has 0 fully saturated rings. The molecule has 152 valence electrons. The van der Waals surface area contributed by atoms with E-state index < -0.39 is 32.4 Å². The van der Waals surface area contributed by atoms with Crippen molar-refractivity contribution in [2.45, 2.75) is 4.90 Å². The van der Waals surface area contributed by atoms with Crippen LogP contribution in [0.4, 0.5) is 18.9 Å². The van der Waals surface area contributed by atoms with E-state index in [1.54, 1.807) is 41.8 Å². The fraction of sp³-hybridized carbons (Fsp3) is 0. The summed E-state index contributed by atoms with van der Waals surface area (Å²) in [5.41, 5.74) is 1.35. The maximum atomic E-state index is 14.1. The standard InChI is InChI=1S/C21H13F3N2O2S2/c22-13-9-10-20(17(24)11-13)30(27,28)26-18-8-4-2-6-15(18)19-12-29-21(25-19)14-5-1-3-7-16(14)23/h1-12,26H. The molecule has 4 rings (SSSR count). The van der Waals surface area contributed by atoms with Gasteiger partial charge in [0.2, 0.25) is 0 Å². The molecule has 0 aliphatic heterocycles. The molecule has 0 radical (unpaired) electrons. The van der Waals surface area contributed by atoms with Crippen LogP contribution >= 0.6 is 11.3 Å². The summed E-state index contributed by atoms with van der Waals surface area (Å²) in [4.78, 5) is 3.75. The molecule has 0 aliphatic rings. The number of aromatic nitrogens is 1. The molecule has 0 saturated heterocycles. The lowest BCUT2D eigenvalue weighted by molar-refractivity contribution is 0.551. The van der Waals surface area contributed by atoms with E-state index in [-0.39, 0.29) is 5.69 Å². The summed E-state index contributed by atoms with van der Waals surface area (Å²) in [6, 6.07) is 14.8. The molecule has 0 saturated carbocycles. The Balaban J connectivity index is 1.71. The molecule has 0 amide bonds. The largest absolute Gasteiger partial charge is 0.279 e. The van der Waals surface area contributed by atoms with Crippen LogP contribution in [0.1, 0.15) is 0 Å². The number of nitrogens with one attached hydrogen (secondary N) is 1. The third kappa shape index (κ3) is 3.94. The normalized spacial score (nSPS) is 11.4. The van der Waals surface area contributed by atoms with Crippen molar-refractivity contribution >= 4 is 27.0 Å². The first kappa shape index (κ1) is 20.1. The number of halogens is 3. The highest BCUT2D eigenvalue weighted by atomic mass is 32.2. The van der Waals surface area contributed by atoms with Crippen LogP contribution in [0.3, 0.4) is 0 Å². The first-order chi connectivity index (χ1) is 14.3. The summed E-state index contributed by atoms with van der Waals surface area (Å²) < 4.78 is 68.8. The van der Waals surface area contributed by atoms with Crippen molar-refractivity contribution in [3.05, 3.63) is 89.6 Å². The molecule has 3 aromatic carbocycles. The minimum Gasteiger partial charge on any atom is -0.279 e. The van der Waals surface area contributed by atoms with Gasteiger partial charge in [0.25, 0.3) is 10.0 Å². The van der Waals surface area contributed by atoms with Crippen LogP contribution in [0, 0.1) is 17.5 Å². The van der Waals surface area contributed by atoms with Crippen molar-refractivity contribution in [1.82, 2.24) is 4.98 Å². The smallest absolute Gasteiger partial charge is 0.264 e. The summed E-state index contributed by atoms with van der Waals surface area (Å²) in [6.07, 6.45) is 0. The first-order valence-electron chi connectivity index (χ1n) is 8.63. The van der Waals surface area contributed by atoms with Gasteiger partial charge < -0.3 is 0 Å².